The maximum atomic E-state index is 5.31. The number of halogens is 1. The van der Waals surface area contributed by atoms with Gasteiger partial charge >= 0.3 is 0 Å². The number of nitrogens with zero attached hydrogens (tertiary/aromatic N) is 1. The first-order chi connectivity index (χ1) is 5.06. The zero-order chi connectivity index (χ0) is 8.74. The van der Waals surface area contributed by atoms with Crippen molar-refractivity contribution in [2.45, 2.75) is 0 Å². The Kier molecular flexibility index (Phi) is 9.54. The molecule has 0 amide bonds. The van der Waals surface area contributed by atoms with Crippen molar-refractivity contribution in [2.75, 3.05) is 54.6 Å². The molecule has 0 aliphatic heterocycles. The molecule has 0 saturated carbocycles. The Morgan fingerprint density at radius 2 is 1.58 bits per heavy atom. The van der Waals surface area contributed by atoms with E-state index >= 15 is 0 Å². The Balaban J connectivity index is 0. The van der Waals surface area contributed by atoms with Gasteiger partial charge in [-0.05, 0) is 0 Å². The minimum atomic E-state index is 0. The predicted molar refractivity (Wildman–Crippen MR) is 45.6 cm³/mol. The van der Waals surface area contributed by atoms with Crippen LogP contribution in [0.4, 0.5) is 0 Å². The molecule has 0 aromatic carbocycles. The third kappa shape index (κ3) is 12.8. The fraction of sp³-hybridized carbons (Fsp3) is 1.00. The summed E-state index contributed by atoms with van der Waals surface area (Å²) >= 11 is 0. The molecule has 0 bridgehead atoms. The molecule has 0 aromatic rings. The summed E-state index contributed by atoms with van der Waals surface area (Å²) in [5.41, 5.74) is 0. The number of rotatable bonds is 6. The van der Waals surface area contributed by atoms with Crippen molar-refractivity contribution in [3.05, 3.63) is 0 Å². The van der Waals surface area contributed by atoms with E-state index in [0.29, 0.717) is 13.2 Å². The van der Waals surface area contributed by atoms with Crippen molar-refractivity contribution in [3.8, 4) is 0 Å². The summed E-state index contributed by atoms with van der Waals surface area (Å²) in [5, 5.41) is 0. The molecule has 12 heavy (non-hydrogen) atoms. The Labute approximate surface area is 81.6 Å². The minimum Gasteiger partial charge on any atom is -1.00 e. The van der Waals surface area contributed by atoms with Crippen molar-refractivity contribution in [1.29, 1.82) is 0 Å². The molecule has 0 aliphatic rings. The van der Waals surface area contributed by atoms with E-state index in [1.54, 1.807) is 7.11 Å². The first-order valence-corrected chi connectivity index (χ1v) is 3.93. The van der Waals surface area contributed by atoms with Crippen LogP contribution in [-0.4, -0.2) is 59.1 Å². The smallest absolute Gasteiger partial charge is 0.102 e. The van der Waals surface area contributed by atoms with E-state index in [0.717, 1.165) is 17.6 Å². The van der Waals surface area contributed by atoms with Crippen LogP contribution in [0.1, 0.15) is 0 Å². The van der Waals surface area contributed by atoms with Crippen LogP contribution in [0.25, 0.3) is 0 Å². The maximum absolute atomic E-state index is 5.31. The second-order valence-electron chi connectivity index (χ2n) is 3.62. The number of hydrogen-bond acceptors (Lipinski definition) is 2. The van der Waals surface area contributed by atoms with E-state index in [-0.39, 0.29) is 12.4 Å². The lowest BCUT2D eigenvalue weighted by atomic mass is 10.5. The fourth-order valence-corrected chi connectivity index (χ4v) is 0.583. The van der Waals surface area contributed by atoms with Gasteiger partial charge in [-0.2, -0.15) is 0 Å². The van der Waals surface area contributed by atoms with Crippen LogP contribution in [-0.2, 0) is 9.47 Å². The summed E-state index contributed by atoms with van der Waals surface area (Å²) in [6.45, 7) is 3.25. The fourth-order valence-electron chi connectivity index (χ4n) is 0.583. The average molecular weight is 198 g/mol. The second kappa shape index (κ2) is 7.80. The van der Waals surface area contributed by atoms with Crippen LogP contribution in [0.2, 0.25) is 0 Å². The molecule has 0 spiro atoms. The van der Waals surface area contributed by atoms with Gasteiger partial charge < -0.3 is 26.4 Å². The largest absolute Gasteiger partial charge is 1.00 e. The second-order valence-corrected chi connectivity index (χ2v) is 3.62. The van der Waals surface area contributed by atoms with E-state index in [9.17, 15) is 0 Å². The molecule has 0 N–H and O–H groups in total. The Morgan fingerprint density at radius 1 is 1.00 bits per heavy atom. The summed E-state index contributed by atoms with van der Waals surface area (Å²) in [5.74, 6) is 0. The normalized spacial score (nSPS) is 11.0. The van der Waals surface area contributed by atoms with Gasteiger partial charge in [0.1, 0.15) is 6.54 Å². The lowest BCUT2D eigenvalue weighted by Gasteiger charge is -2.23. The standard InChI is InChI=1S/C8H20NO2.ClH/c1-9(2,3)5-6-11-8-7-10-4;/h5-8H2,1-4H3;1H/q+1;/p-1. The quantitative estimate of drug-likeness (QED) is 0.343. The Bertz CT molecular complexity index is 93.5. The molecular weight excluding hydrogens is 178 g/mol. The van der Waals surface area contributed by atoms with E-state index < -0.39 is 0 Å². The summed E-state index contributed by atoms with van der Waals surface area (Å²) in [6.07, 6.45) is 0. The van der Waals surface area contributed by atoms with Crippen LogP contribution in [0, 0.1) is 0 Å². The summed E-state index contributed by atoms with van der Waals surface area (Å²) in [4.78, 5) is 0. The molecule has 0 aliphatic carbocycles. The first-order valence-electron chi connectivity index (χ1n) is 3.93. The van der Waals surface area contributed by atoms with Crippen molar-refractivity contribution in [1.82, 2.24) is 0 Å². The van der Waals surface area contributed by atoms with Gasteiger partial charge in [0.05, 0.1) is 41.0 Å². The van der Waals surface area contributed by atoms with Gasteiger partial charge in [-0.25, -0.2) is 0 Å². The third-order valence-corrected chi connectivity index (χ3v) is 1.34. The number of ether oxygens (including phenoxy) is 2. The van der Waals surface area contributed by atoms with Crippen molar-refractivity contribution >= 4 is 0 Å². The zero-order valence-corrected chi connectivity index (χ0v) is 9.23. The van der Waals surface area contributed by atoms with E-state index in [1.165, 1.54) is 0 Å². The predicted octanol–water partition coefficient (Wildman–Crippen LogP) is -2.64. The van der Waals surface area contributed by atoms with Crippen molar-refractivity contribution < 1.29 is 26.4 Å². The van der Waals surface area contributed by atoms with E-state index in [1.807, 2.05) is 0 Å². The SMILES string of the molecule is COCCOCC[N+](C)(C)C.[Cl-]. The number of methoxy groups -OCH3 is 1. The molecule has 3 nitrogen and oxygen atoms in total. The van der Waals surface area contributed by atoms with Gasteiger partial charge in [0, 0.05) is 7.11 Å². The van der Waals surface area contributed by atoms with Crippen LogP contribution >= 0.6 is 0 Å². The third-order valence-electron chi connectivity index (χ3n) is 1.34. The summed E-state index contributed by atoms with van der Waals surface area (Å²) in [6, 6.07) is 0. The highest BCUT2D eigenvalue weighted by Crippen LogP contribution is 1.88. The molecule has 76 valence electrons. The van der Waals surface area contributed by atoms with Crippen LogP contribution in [0.15, 0.2) is 0 Å². The molecule has 0 radical (unpaired) electrons. The maximum Gasteiger partial charge on any atom is 0.102 e. The lowest BCUT2D eigenvalue weighted by Crippen LogP contribution is -3.00. The molecule has 0 atom stereocenters. The van der Waals surface area contributed by atoms with Crippen LogP contribution in [0.3, 0.4) is 0 Å². The monoisotopic (exact) mass is 197 g/mol. The molecular formula is C8H20ClNO2. The van der Waals surface area contributed by atoms with Gasteiger partial charge in [0.2, 0.25) is 0 Å². The average Bonchev–Trinajstić information content (AvgIpc) is 1.85. The topological polar surface area (TPSA) is 18.5 Å². The number of likely N-dealkylation sites (N-methyl/N-ethyl adjacent to an activating group) is 1. The highest BCUT2D eigenvalue weighted by atomic mass is 35.5. The lowest BCUT2D eigenvalue weighted by molar-refractivity contribution is -0.870. The van der Waals surface area contributed by atoms with Gasteiger partial charge in [-0.1, -0.05) is 0 Å². The van der Waals surface area contributed by atoms with Gasteiger partial charge in [-0.3, -0.25) is 0 Å². The molecule has 4 heteroatoms. The first kappa shape index (κ1) is 14.7. The van der Waals surface area contributed by atoms with Crippen molar-refractivity contribution in [3.63, 3.8) is 0 Å². The van der Waals surface area contributed by atoms with E-state index in [4.69, 9.17) is 9.47 Å². The zero-order valence-electron chi connectivity index (χ0n) is 8.47. The highest BCUT2D eigenvalue weighted by molar-refractivity contribution is 4.30. The summed E-state index contributed by atoms with van der Waals surface area (Å²) in [7, 11) is 8.14. The molecule has 0 heterocycles. The number of hydrogen-bond donors (Lipinski definition) is 0. The molecule has 0 aromatic heterocycles. The van der Waals surface area contributed by atoms with Gasteiger partial charge in [-0.15, -0.1) is 0 Å². The summed E-state index contributed by atoms with van der Waals surface area (Å²) < 4.78 is 11.1. The van der Waals surface area contributed by atoms with Crippen LogP contribution in [0.5, 0.6) is 0 Å². The molecule has 0 fully saturated rings. The minimum absolute atomic E-state index is 0. The molecule has 0 unspecified atom stereocenters. The van der Waals surface area contributed by atoms with E-state index in [2.05, 4.69) is 21.1 Å². The Morgan fingerprint density at radius 3 is 2.00 bits per heavy atom. The van der Waals surface area contributed by atoms with Gasteiger partial charge in [0.15, 0.2) is 0 Å². The van der Waals surface area contributed by atoms with Crippen molar-refractivity contribution in [2.24, 2.45) is 0 Å². The highest BCUT2D eigenvalue weighted by Gasteiger charge is 2.04. The molecule has 0 saturated heterocycles. The van der Waals surface area contributed by atoms with Gasteiger partial charge in [0.25, 0.3) is 0 Å². The Hall–Kier alpha value is 0.170. The van der Waals surface area contributed by atoms with Crippen LogP contribution < -0.4 is 12.4 Å². The number of quaternary nitrogens is 1. The molecule has 0 rings (SSSR count).